The Labute approximate surface area is 128 Å². The van der Waals surface area contributed by atoms with Crippen molar-refractivity contribution >= 4 is 0 Å². The summed E-state index contributed by atoms with van der Waals surface area (Å²) >= 11 is 0. The van der Waals surface area contributed by atoms with Crippen molar-refractivity contribution in [1.82, 2.24) is 4.90 Å². The number of piperidine rings is 1. The van der Waals surface area contributed by atoms with Crippen molar-refractivity contribution < 1.29 is 9.47 Å². The van der Waals surface area contributed by atoms with Crippen LogP contribution in [0.2, 0.25) is 0 Å². The van der Waals surface area contributed by atoms with Crippen molar-refractivity contribution in [3.05, 3.63) is 29.8 Å². The van der Waals surface area contributed by atoms with Crippen LogP contribution in [0, 0.1) is 0 Å². The van der Waals surface area contributed by atoms with E-state index in [1.54, 1.807) is 7.11 Å². The zero-order valence-electron chi connectivity index (χ0n) is 13.3. The van der Waals surface area contributed by atoms with E-state index >= 15 is 0 Å². The third-order valence-electron chi connectivity index (χ3n) is 4.19. The van der Waals surface area contributed by atoms with Gasteiger partial charge in [-0.05, 0) is 37.0 Å². The second-order valence-electron chi connectivity index (χ2n) is 5.64. The van der Waals surface area contributed by atoms with Gasteiger partial charge in [-0.25, -0.2) is 0 Å². The SMILES string of the molecule is CCCOc1cccc(C(CN)N2CCC(OC)CC2)c1. The summed E-state index contributed by atoms with van der Waals surface area (Å²) in [7, 11) is 1.80. The van der Waals surface area contributed by atoms with Gasteiger partial charge >= 0.3 is 0 Å². The third kappa shape index (κ3) is 4.43. The van der Waals surface area contributed by atoms with E-state index in [9.17, 15) is 0 Å². The molecule has 1 aliphatic heterocycles. The Kier molecular flexibility index (Phi) is 6.49. The maximum absolute atomic E-state index is 6.04. The van der Waals surface area contributed by atoms with Gasteiger partial charge in [0.05, 0.1) is 12.7 Å². The Hall–Kier alpha value is -1.10. The van der Waals surface area contributed by atoms with E-state index in [1.165, 1.54) is 5.56 Å². The van der Waals surface area contributed by atoms with Crippen LogP contribution in [-0.2, 0) is 4.74 Å². The molecule has 4 nitrogen and oxygen atoms in total. The fourth-order valence-corrected chi connectivity index (χ4v) is 2.95. The molecular weight excluding hydrogens is 264 g/mol. The van der Waals surface area contributed by atoms with E-state index in [1.807, 2.05) is 6.07 Å². The molecule has 1 aromatic carbocycles. The number of methoxy groups -OCH3 is 1. The van der Waals surface area contributed by atoms with Crippen molar-refractivity contribution in [2.75, 3.05) is 33.4 Å². The number of ether oxygens (including phenoxy) is 2. The largest absolute Gasteiger partial charge is 0.494 e. The average molecular weight is 292 g/mol. The lowest BCUT2D eigenvalue weighted by Gasteiger charge is -2.37. The number of benzene rings is 1. The maximum atomic E-state index is 6.04. The van der Waals surface area contributed by atoms with E-state index in [-0.39, 0.29) is 6.04 Å². The number of hydrogen-bond acceptors (Lipinski definition) is 4. The Bertz CT molecular complexity index is 417. The summed E-state index contributed by atoms with van der Waals surface area (Å²) in [6.07, 6.45) is 3.59. The molecule has 1 saturated heterocycles. The third-order valence-corrected chi connectivity index (χ3v) is 4.19. The zero-order chi connectivity index (χ0) is 15.1. The Morgan fingerprint density at radius 3 is 2.71 bits per heavy atom. The van der Waals surface area contributed by atoms with Gasteiger partial charge in [0.2, 0.25) is 0 Å². The Morgan fingerprint density at radius 1 is 1.33 bits per heavy atom. The average Bonchev–Trinajstić information content (AvgIpc) is 2.55. The van der Waals surface area contributed by atoms with Crippen molar-refractivity contribution in [2.45, 2.75) is 38.3 Å². The maximum Gasteiger partial charge on any atom is 0.119 e. The van der Waals surface area contributed by atoms with E-state index in [0.717, 1.165) is 44.7 Å². The molecule has 118 valence electrons. The van der Waals surface area contributed by atoms with Gasteiger partial charge in [-0.1, -0.05) is 19.1 Å². The Balaban J connectivity index is 2.03. The van der Waals surface area contributed by atoms with Crippen LogP contribution in [0.15, 0.2) is 24.3 Å². The summed E-state index contributed by atoms with van der Waals surface area (Å²) in [5.74, 6) is 0.944. The van der Waals surface area contributed by atoms with Crippen LogP contribution >= 0.6 is 0 Å². The molecule has 0 aliphatic carbocycles. The molecular formula is C17H28N2O2. The van der Waals surface area contributed by atoms with Gasteiger partial charge in [-0.3, -0.25) is 4.90 Å². The smallest absolute Gasteiger partial charge is 0.119 e. The molecule has 0 aromatic heterocycles. The first kappa shape index (κ1) is 16.3. The van der Waals surface area contributed by atoms with Crippen molar-refractivity contribution in [3.8, 4) is 5.75 Å². The quantitative estimate of drug-likeness (QED) is 0.839. The van der Waals surface area contributed by atoms with Crippen molar-refractivity contribution in [3.63, 3.8) is 0 Å². The lowest BCUT2D eigenvalue weighted by atomic mass is 10.0. The van der Waals surface area contributed by atoms with Gasteiger partial charge in [0, 0.05) is 32.8 Å². The first-order valence-corrected chi connectivity index (χ1v) is 7.98. The summed E-state index contributed by atoms with van der Waals surface area (Å²) in [6.45, 7) is 5.60. The van der Waals surface area contributed by atoms with Crippen LogP contribution in [0.5, 0.6) is 5.75 Å². The number of nitrogens with zero attached hydrogens (tertiary/aromatic N) is 1. The number of nitrogens with two attached hydrogens (primary N) is 1. The minimum Gasteiger partial charge on any atom is -0.494 e. The molecule has 0 saturated carbocycles. The molecule has 1 atom stereocenters. The fraction of sp³-hybridized carbons (Fsp3) is 0.647. The van der Waals surface area contributed by atoms with Crippen LogP contribution in [0.4, 0.5) is 0 Å². The first-order valence-electron chi connectivity index (χ1n) is 7.98. The van der Waals surface area contributed by atoms with Gasteiger partial charge in [0.1, 0.15) is 5.75 Å². The zero-order valence-corrected chi connectivity index (χ0v) is 13.3. The van der Waals surface area contributed by atoms with Gasteiger partial charge in [0.15, 0.2) is 0 Å². The molecule has 1 heterocycles. The highest BCUT2D eigenvalue weighted by Crippen LogP contribution is 2.27. The van der Waals surface area contributed by atoms with Crippen LogP contribution in [-0.4, -0.2) is 44.4 Å². The summed E-state index contributed by atoms with van der Waals surface area (Å²) < 4.78 is 11.2. The highest BCUT2D eigenvalue weighted by Gasteiger charge is 2.25. The summed E-state index contributed by atoms with van der Waals surface area (Å²) in [5, 5.41) is 0. The number of rotatable bonds is 7. The van der Waals surface area contributed by atoms with Gasteiger partial charge in [-0.15, -0.1) is 0 Å². The lowest BCUT2D eigenvalue weighted by molar-refractivity contribution is 0.0280. The number of likely N-dealkylation sites (tertiary alicyclic amines) is 1. The lowest BCUT2D eigenvalue weighted by Crippen LogP contribution is -2.41. The molecule has 1 fully saturated rings. The summed E-state index contributed by atoms with van der Waals surface area (Å²) in [5.41, 5.74) is 7.29. The highest BCUT2D eigenvalue weighted by atomic mass is 16.5. The molecule has 0 radical (unpaired) electrons. The predicted octanol–water partition coefficient (Wildman–Crippen LogP) is 2.59. The molecule has 4 heteroatoms. The van der Waals surface area contributed by atoms with E-state index < -0.39 is 0 Å². The van der Waals surface area contributed by atoms with Crippen LogP contribution in [0.1, 0.15) is 37.8 Å². The molecule has 2 N–H and O–H groups in total. The standard InChI is InChI=1S/C17H28N2O2/c1-3-11-21-16-6-4-5-14(12-16)17(13-18)19-9-7-15(20-2)8-10-19/h4-6,12,15,17H,3,7-11,13,18H2,1-2H3. The van der Waals surface area contributed by atoms with E-state index in [2.05, 4.69) is 30.0 Å². The summed E-state index contributed by atoms with van der Waals surface area (Å²) in [6, 6.07) is 8.64. The molecule has 1 aliphatic rings. The van der Waals surface area contributed by atoms with Crippen LogP contribution < -0.4 is 10.5 Å². The van der Waals surface area contributed by atoms with Crippen molar-refractivity contribution in [2.24, 2.45) is 5.73 Å². The van der Waals surface area contributed by atoms with Crippen molar-refractivity contribution in [1.29, 1.82) is 0 Å². The minimum absolute atomic E-state index is 0.271. The second kappa shape index (κ2) is 8.37. The van der Waals surface area contributed by atoms with E-state index in [4.69, 9.17) is 15.2 Å². The van der Waals surface area contributed by atoms with Gasteiger partial charge in [0.25, 0.3) is 0 Å². The molecule has 1 unspecified atom stereocenters. The van der Waals surface area contributed by atoms with Gasteiger partial charge in [-0.2, -0.15) is 0 Å². The molecule has 0 amide bonds. The highest BCUT2D eigenvalue weighted by molar-refractivity contribution is 5.31. The van der Waals surface area contributed by atoms with Gasteiger partial charge < -0.3 is 15.2 Å². The molecule has 2 rings (SSSR count). The first-order chi connectivity index (χ1) is 10.3. The summed E-state index contributed by atoms with van der Waals surface area (Å²) in [4.78, 5) is 2.47. The van der Waals surface area contributed by atoms with Crippen LogP contribution in [0.3, 0.4) is 0 Å². The minimum atomic E-state index is 0.271. The topological polar surface area (TPSA) is 47.7 Å². The molecule has 21 heavy (non-hydrogen) atoms. The monoisotopic (exact) mass is 292 g/mol. The Morgan fingerprint density at radius 2 is 2.10 bits per heavy atom. The predicted molar refractivity (Wildman–Crippen MR) is 85.6 cm³/mol. The molecule has 0 bridgehead atoms. The number of hydrogen-bond donors (Lipinski definition) is 1. The normalized spacial score (nSPS) is 18.6. The fourth-order valence-electron chi connectivity index (χ4n) is 2.95. The molecule has 0 spiro atoms. The second-order valence-corrected chi connectivity index (χ2v) is 5.64. The van der Waals surface area contributed by atoms with Crippen LogP contribution in [0.25, 0.3) is 0 Å². The molecule has 1 aromatic rings. The van der Waals surface area contributed by atoms with E-state index in [0.29, 0.717) is 12.6 Å².